The zero-order valence-electron chi connectivity index (χ0n) is 10.1. The molecular formula is C12H22N2O2. The minimum atomic E-state index is 0.0237. The third kappa shape index (κ3) is 4.77. The minimum Gasteiger partial charge on any atom is -0.381 e. The van der Waals surface area contributed by atoms with Crippen molar-refractivity contribution in [1.82, 2.24) is 10.6 Å². The summed E-state index contributed by atoms with van der Waals surface area (Å²) >= 11 is 0. The van der Waals surface area contributed by atoms with E-state index in [2.05, 4.69) is 24.1 Å². The first kappa shape index (κ1) is 13.2. The van der Waals surface area contributed by atoms with Crippen molar-refractivity contribution in [2.75, 3.05) is 32.8 Å². The van der Waals surface area contributed by atoms with Crippen LogP contribution >= 0.6 is 0 Å². The lowest BCUT2D eigenvalue weighted by atomic mass is 9.82. The van der Waals surface area contributed by atoms with Gasteiger partial charge in [-0.25, -0.2) is 0 Å². The summed E-state index contributed by atoms with van der Waals surface area (Å²) in [7, 11) is 0. The second kappa shape index (κ2) is 6.66. The summed E-state index contributed by atoms with van der Waals surface area (Å²) in [6.45, 7) is 9.24. The monoisotopic (exact) mass is 226 g/mol. The fraction of sp³-hybridized carbons (Fsp3) is 0.750. The highest BCUT2D eigenvalue weighted by Crippen LogP contribution is 2.28. The number of hydrogen-bond acceptors (Lipinski definition) is 3. The first-order valence-corrected chi connectivity index (χ1v) is 5.82. The van der Waals surface area contributed by atoms with E-state index in [-0.39, 0.29) is 11.3 Å². The van der Waals surface area contributed by atoms with Gasteiger partial charge in [-0.1, -0.05) is 13.0 Å². The predicted molar refractivity (Wildman–Crippen MR) is 64.2 cm³/mol. The maximum Gasteiger partial charge on any atom is 0.234 e. The average molecular weight is 226 g/mol. The number of amides is 1. The molecule has 1 amide bonds. The van der Waals surface area contributed by atoms with Gasteiger partial charge < -0.3 is 15.4 Å². The van der Waals surface area contributed by atoms with Gasteiger partial charge in [0.15, 0.2) is 0 Å². The van der Waals surface area contributed by atoms with E-state index in [1.54, 1.807) is 6.08 Å². The normalized spacial score (nSPS) is 19.1. The molecular weight excluding hydrogens is 204 g/mol. The zero-order valence-corrected chi connectivity index (χ0v) is 10.1. The van der Waals surface area contributed by atoms with Crippen LogP contribution in [0.1, 0.15) is 19.8 Å². The van der Waals surface area contributed by atoms with Gasteiger partial charge in [-0.15, -0.1) is 6.58 Å². The molecule has 1 fully saturated rings. The maximum atomic E-state index is 11.3. The van der Waals surface area contributed by atoms with Gasteiger partial charge in [-0.2, -0.15) is 0 Å². The Labute approximate surface area is 97.4 Å². The van der Waals surface area contributed by atoms with Crippen molar-refractivity contribution < 1.29 is 9.53 Å². The van der Waals surface area contributed by atoms with Crippen molar-refractivity contribution >= 4 is 5.91 Å². The molecule has 0 unspecified atom stereocenters. The van der Waals surface area contributed by atoms with Gasteiger partial charge in [-0.3, -0.25) is 4.79 Å². The summed E-state index contributed by atoms with van der Waals surface area (Å²) in [5, 5.41) is 5.94. The Morgan fingerprint density at radius 2 is 2.19 bits per heavy atom. The third-order valence-corrected chi connectivity index (χ3v) is 2.98. The Bertz CT molecular complexity index is 235. The van der Waals surface area contributed by atoms with Crippen molar-refractivity contribution in [3.63, 3.8) is 0 Å². The molecule has 16 heavy (non-hydrogen) atoms. The minimum absolute atomic E-state index is 0.0237. The highest BCUT2D eigenvalue weighted by Gasteiger charge is 2.26. The Balaban J connectivity index is 2.13. The number of nitrogens with one attached hydrogen (secondary N) is 2. The van der Waals surface area contributed by atoms with Crippen LogP contribution in [0, 0.1) is 5.41 Å². The Morgan fingerprint density at radius 1 is 1.50 bits per heavy atom. The van der Waals surface area contributed by atoms with Gasteiger partial charge in [0.05, 0.1) is 6.54 Å². The third-order valence-electron chi connectivity index (χ3n) is 2.98. The van der Waals surface area contributed by atoms with Crippen LogP contribution in [0.25, 0.3) is 0 Å². The smallest absolute Gasteiger partial charge is 0.234 e. The summed E-state index contributed by atoms with van der Waals surface area (Å²) in [5.74, 6) is 0.0237. The molecule has 4 heteroatoms. The predicted octanol–water partition coefficient (Wildman–Crippen LogP) is 0.695. The molecule has 1 heterocycles. The van der Waals surface area contributed by atoms with E-state index >= 15 is 0 Å². The number of rotatable bonds is 6. The van der Waals surface area contributed by atoms with Crippen molar-refractivity contribution in [3.05, 3.63) is 12.7 Å². The van der Waals surface area contributed by atoms with E-state index in [4.69, 9.17) is 4.74 Å². The molecule has 0 aromatic carbocycles. The lowest BCUT2D eigenvalue weighted by Gasteiger charge is -2.33. The quantitative estimate of drug-likeness (QED) is 0.655. The molecule has 0 atom stereocenters. The molecule has 0 bridgehead atoms. The highest BCUT2D eigenvalue weighted by molar-refractivity contribution is 5.78. The summed E-state index contributed by atoms with van der Waals surface area (Å²) in [6, 6.07) is 0. The molecule has 0 aliphatic carbocycles. The molecule has 1 aliphatic heterocycles. The second-order valence-electron chi connectivity index (χ2n) is 4.62. The fourth-order valence-corrected chi connectivity index (χ4v) is 1.77. The SMILES string of the molecule is C=CCNC(=O)CNCC1(C)CCOCC1. The number of ether oxygens (including phenoxy) is 1. The Kier molecular flexibility index (Phi) is 5.49. The van der Waals surface area contributed by atoms with Gasteiger partial charge in [0, 0.05) is 26.3 Å². The Hall–Kier alpha value is -0.870. The van der Waals surface area contributed by atoms with E-state index in [0.717, 1.165) is 32.6 Å². The highest BCUT2D eigenvalue weighted by atomic mass is 16.5. The number of carbonyl (C=O) groups is 1. The molecule has 0 aromatic rings. The van der Waals surface area contributed by atoms with Crippen LogP contribution in [0.3, 0.4) is 0 Å². The molecule has 2 N–H and O–H groups in total. The van der Waals surface area contributed by atoms with Gasteiger partial charge in [0.2, 0.25) is 5.91 Å². The molecule has 1 rings (SSSR count). The lowest BCUT2D eigenvalue weighted by Crippen LogP contribution is -2.41. The molecule has 0 radical (unpaired) electrons. The maximum absolute atomic E-state index is 11.3. The van der Waals surface area contributed by atoms with E-state index in [9.17, 15) is 4.79 Å². The molecule has 1 aliphatic rings. The van der Waals surface area contributed by atoms with Crippen molar-refractivity contribution in [2.24, 2.45) is 5.41 Å². The molecule has 0 spiro atoms. The van der Waals surface area contributed by atoms with E-state index < -0.39 is 0 Å². The van der Waals surface area contributed by atoms with E-state index in [0.29, 0.717) is 13.1 Å². The first-order valence-electron chi connectivity index (χ1n) is 5.82. The molecule has 92 valence electrons. The van der Waals surface area contributed by atoms with E-state index in [1.165, 1.54) is 0 Å². The summed E-state index contributed by atoms with van der Waals surface area (Å²) in [4.78, 5) is 11.3. The van der Waals surface area contributed by atoms with E-state index in [1.807, 2.05) is 0 Å². The van der Waals surface area contributed by atoms with Gasteiger partial charge in [0.1, 0.15) is 0 Å². The van der Waals surface area contributed by atoms with Crippen LogP contribution in [0.4, 0.5) is 0 Å². The van der Waals surface area contributed by atoms with Crippen LogP contribution < -0.4 is 10.6 Å². The summed E-state index contributed by atoms with van der Waals surface area (Å²) < 4.78 is 5.33. The van der Waals surface area contributed by atoms with Crippen LogP contribution in [-0.4, -0.2) is 38.8 Å². The van der Waals surface area contributed by atoms with Crippen LogP contribution in [-0.2, 0) is 9.53 Å². The zero-order chi connectivity index (χ0) is 11.9. The van der Waals surface area contributed by atoms with Crippen LogP contribution in [0.5, 0.6) is 0 Å². The fourth-order valence-electron chi connectivity index (χ4n) is 1.77. The number of carbonyl (C=O) groups excluding carboxylic acids is 1. The lowest BCUT2D eigenvalue weighted by molar-refractivity contribution is -0.120. The number of hydrogen-bond donors (Lipinski definition) is 2. The summed E-state index contributed by atoms with van der Waals surface area (Å²) in [5.41, 5.74) is 0.275. The average Bonchev–Trinajstić information content (AvgIpc) is 2.27. The first-order chi connectivity index (χ1) is 7.66. The van der Waals surface area contributed by atoms with Gasteiger partial charge in [0.25, 0.3) is 0 Å². The van der Waals surface area contributed by atoms with Crippen LogP contribution in [0.15, 0.2) is 12.7 Å². The van der Waals surface area contributed by atoms with Crippen LogP contribution in [0.2, 0.25) is 0 Å². The molecule has 0 aromatic heterocycles. The molecule has 1 saturated heterocycles. The second-order valence-corrected chi connectivity index (χ2v) is 4.62. The van der Waals surface area contributed by atoms with Crippen molar-refractivity contribution in [3.8, 4) is 0 Å². The summed E-state index contributed by atoms with van der Waals surface area (Å²) in [6.07, 6.45) is 3.81. The molecule has 4 nitrogen and oxygen atoms in total. The topological polar surface area (TPSA) is 50.4 Å². The largest absolute Gasteiger partial charge is 0.381 e. The molecule has 0 saturated carbocycles. The Morgan fingerprint density at radius 3 is 2.81 bits per heavy atom. The standard InChI is InChI=1S/C12H22N2O2/c1-3-6-14-11(15)9-13-10-12(2)4-7-16-8-5-12/h3,13H,1,4-10H2,2H3,(H,14,15). The van der Waals surface area contributed by atoms with Gasteiger partial charge in [-0.05, 0) is 18.3 Å². The van der Waals surface area contributed by atoms with Crippen molar-refractivity contribution in [2.45, 2.75) is 19.8 Å². The van der Waals surface area contributed by atoms with Gasteiger partial charge >= 0.3 is 0 Å². The van der Waals surface area contributed by atoms with Crippen molar-refractivity contribution in [1.29, 1.82) is 0 Å².